The highest BCUT2D eigenvalue weighted by Crippen LogP contribution is 2.29. The van der Waals surface area contributed by atoms with Crippen LogP contribution in [0.25, 0.3) is 11.2 Å². The lowest BCUT2D eigenvalue weighted by molar-refractivity contribution is -0.137. The normalized spacial score (nSPS) is 12.0. The molecule has 2 heterocycles. The predicted octanol–water partition coefficient (Wildman–Crippen LogP) is 1.59. The smallest absolute Gasteiger partial charge is 0.293 e. The summed E-state index contributed by atoms with van der Waals surface area (Å²) >= 11 is 0. The molecule has 0 bridgehead atoms. The first-order chi connectivity index (χ1) is 10.4. The van der Waals surface area contributed by atoms with E-state index in [0.29, 0.717) is 11.2 Å². The molecule has 3 rings (SSSR count). The van der Waals surface area contributed by atoms with Gasteiger partial charge in [0.1, 0.15) is 6.33 Å². The number of aryl methyl sites for hydroxylation is 1. The second-order valence-electron chi connectivity index (χ2n) is 4.76. The van der Waals surface area contributed by atoms with Gasteiger partial charge in [0.2, 0.25) is 0 Å². The molecule has 0 aliphatic heterocycles. The predicted molar refractivity (Wildman–Crippen MR) is 71.1 cm³/mol. The van der Waals surface area contributed by atoms with E-state index in [4.69, 9.17) is 0 Å². The largest absolute Gasteiger partial charge is 0.416 e. The van der Waals surface area contributed by atoms with Gasteiger partial charge in [0.25, 0.3) is 5.56 Å². The van der Waals surface area contributed by atoms with Crippen LogP contribution in [-0.2, 0) is 19.8 Å². The summed E-state index contributed by atoms with van der Waals surface area (Å²) in [5.74, 6) is 0. The molecule has 6 nitrogen and oxygen atoms in total. The molecule has 1 aromatic carbocycles. The molecular formula is C13H10F3N5O. The Morgan fingerprint density at radius 1 is 1.18 bits per heavy atom. The van der Waals surface area contributed by atoms with Gasteiger partial charge in [-0.3, -0.25) is 9.36 Å². The maximum absolute atomic E-state index is 12.5. The average molecular weight is 309 g/mol. The van der Waals surface area contributed by atoms with Crippen LogP contribution in [0.2, 0.25) is 0 Å². The van der Waals surface area contributed by atoms with Crippen molar-refractivity contribution in [2.75, 3.05) is 0 Å². The molecule has 2 aromatic heterocycles. The van der Waals surface area contributed by atoms with E-state index >= 15 is 0 Å². The highest BCUT2D eigenvalue weighted by molar-refractivity contribution is 5.67. The van der Waals surface area contributed by atoms with E-state index in [-0.39, 0.29) is 12.1 Å². The quantitative estimate of drug-likeness (QED) is 0.721. The van der Waals surface area contributed by atoms with Crippen LogP contribution in [0.1, 0.15) is 11.1 Å². The maximum atomic E-state index is 12.5. The summed E-state index contributed by atoms with van der Waals surface area (Å²) in [5.41, 5.74) is -0.0881. The zero-order valence-corrected chi connectivity index (χ0v) is 11.4. The van der Waals surface area contributed by atoms with Gasteiger partial charge in [0.05, 0.1) is 12.1 Å². The molecular weight excluding hydrogens is 299 g/mol. The minimum Gasteiger partial charge on any atom is -0.293 e. The van der Waals surface area contributed by atoms with Crippen molar-refractivity contribution in [2.45, 2.75) is 12.7 Å². The first kappa shape index (κ1) is 14.2. The molecule has 0 saturated carbocycles. The van der Waals surface area contributed by atoms with Gasteiger partial charge < -0.3 is 0 Å². The number of hydrogen-bond donors (Lipinski definition) is 0. The van der Waals surface area contributed by atoms with Gasteiger partial charge in [-0.25, -0.2) is 9.67 Å². The van der Waals surface area contributed by atoms with Crippen molar-refractivity contribution in [3.63, 3.8) is 0 Å². The van der Waals surface area contributed by atoms with Gasteiger partial charge in [-0.05, 0) is 17.7 Å². The number of fused-ring (bicyclic) bond motifs is 1. The molecule has 0 spiro atoms. The summed E-state index contributed by atoms with van der Waals surface area (Å²) in [6.45, 7) is 0.108. The molecule has 22 heavy (non-hydrogen) atoms. The molecule has 0 radical (unpaired) electrons. The second kappa shape index (κ2) is 4.93. The lowest BCUT2D eigenvalue weighted by atomic mass is 10.1. The van der Waals surface area contributed by atoms with Crippen molar-refractivity contribution in [1.82, 2.24) is 24.5 Å². The fourth-order valence-electron chi connectivity index (χ4n) is 2.06. The monoisotopic (exact) mass is 309 g/mol. The first-order valence-electron chi connectivity index (χ1n) is 6.27. The maximum Gasteiger partial charge on any atom is 0.416 e. The summed E-state index contributed by atoms with van der Waals surface area (Å²) in [4.78, 5) is 16.3. The molecule has 0 fully saturated rings. The Balaban J connectivity index is 1.93. The Kier molecular flexibility index (Phi) is 3.19. The van der Waals surface area contributed by atoms with Crippen LogP contribution >= 0.6 is 0 Å². The van der Waals surface area contributed by atoms with Crippen LogP contribution in [0.15, 0.2) is 35.4 Å². The van der Waals surface area contributed by atoms with E-state index in [9.17, 15) is 18.0 Å². The summed E-state index contributed by atoms with van der Waals surface area (Å²) in [6.07, 6.45) is -3.05. The average Bonchev–Trinajstić information content (AvgIpc) is 2.84. The molecule has 0 amide bonds. The highest BCUT2D eigenvalue weighted by atomic mass is 19.4. The van der Waals surface area contributed by atoms with E-state index in [2.05, 4.69) is 15.3 Å². The standard InChI is InChI=1S/C13H10F3N5O/c1-20-11-10(18-19-20)12(22)21(7-17-11)6-8-2-4-9(5-3-8)13(14,15)16/h2-5,7H,6H2,1H3. The number of nitrogens with zero attached hydrogens (tertiary/aromatic N) is 5. The van der Waals surface area contributed by atoms with Gasteiger partial charge in [0, 0.05) is 7.05 Å². The zero-order valence-electron chi connectivity index (χ0n) is 11.4. The van der Waals surface area contributed by atoms with E-state index in [1.165, 1.54) is 27.7 Å². The third-order valence-corrected chi connectivity index (χ3v) is 3.21. The Morgan fingerprint density at radius 3 is 2.50 bits per heavy atom. The molecule has 114 valence electrons. The van der Waals surface area contributed by atoms with Gasteiger partial charge in [-0.2, -0.15) is 13.2 Å². The van der Waals surface area contributed by atoms with Crippen LogP contribution in [0.3, 0.4) is 0 Å². The first-order valence-corrected chi connectivity index (χ1v) is 6.27. The fourth-order valence-corrected chi connectivity index (χ4v) is 2.06. The van der Waals surface area contributed by atoms with Gasteiger partial charge >= 0.3 is 6.18 Å². The van der Waals surface area contributed by atoms with Crippen LogP contribution in [0.4, 0.5) is 13.2 Å². The van der Waals surface area contributed by atoms with E-state index in [1.807, 2.05) is 0 Å². The molecule has 0 saturated heterocycles. The third-order valence-electron chi connectivity index (χ3n) is 3.21. The van der Waals surface area contributed by atoms with Crippen LogP contribution in [0.5, 0.6) is 0 Å². The van der Waals surface area contributed by atoms with Crippen molar-refractivity contribution in [2.24, 2.45) is 7.05 Å². The third kappa shape index (κ3) is 2.45. The molecule has 0 unspecified atom stereocenters. The topological polar surface area (TPSA) is 65.6 Å². The van der Waals surface area contributed by atoms with Crippen LogP contribution in [0, 0.1) is 0 Å². The van der Waals surface area contributed by atoms with Gasteiger partial charge in [-0.1, -0.05) is 17.3 Å². The van der Waals surface area contributed by atoms with Crippen LogP contribution < -0.4 is 5.56 Å². The lowest BCUT2D eigenvalue weighted by Gasteiger charge is -2.08. The molecule has 9 heteroatoms. The minimum absolute atomic E-state index is 0.108. The number of alkyl halides is 3. The molecule has 0 aliphatic carbocycles. The van der Waals surface area contributed by atoms with Crippen LogP contribution in [-0.4, -0.2) is 24.5 Å². The van der Waals surface area contributed by atoms with E-state index < -0.39 is 17.3 Å². The van der Waals surface area contributed by atoms with E-state index in [1.54, 1.807) is 7.05 Å². The van der Waals surface area contributed by atoms with Crippen molar-refractivity contribution in [3.05, 3.63) is 52.1 Å². The Bertz CT molecular complexity index is 879. The Morgan fingerprint density at radius 2 is 1.86 bits per heavy atom. The highest BCUT2D eigenvalue weighted by Gasteiger charge is 2.29. The Hall–Kier alpha value is -2.71. The van der Waals surface area contributed by atoms with Crippen molar-refractivity contribution >= 4 is 11.2 Å². The molecule has 3 aromatic rings. The number of halogens is 3. The lowest BCUT2D eigenvalue weighted by Crippen LogP contribution is -2.21. The summed E-state index contributed by atoms with van der Waals surface area (Å²) in [7, 11) is 1.61. The minimum atomic E-state index is -4.38. The van der Waals surface area contributed by atoms with Crippen molar-refractivity contribution < 1.29 is 13.2 Å². The fraction of sp³-hybridized carbons (Fsp3) is 0.231. The summed E-state index contributed by atoms with van der Waals surface area (Å²) < 4.78 is 40.2. The SMILES string of the molecule is Cn1nnc2c(=O)n(Cc3ccc(C(F)(F)F)cc3)cnc21. The van der Waals surface area contributed by atoms with Gasteiger partial charge in [0.15, 0.2) is 11.2 Å². The summed E-state index contributed by atoms with van der Waals surface area (Å²) in [5, 5.41) is 7.44. The molecule has 0 aliphatic rings. The number of aromatic nitrogens is 5. The van der Waals surface area contributed by atoms with Crippen molar-refractivity contribution in [3.8, 4) is 0 Å². The van der Waals surface area contributed by atoms with Gasteiger partial charge in [-0.15, -0.1) is 5.10 Å². The Labute approximate surface area is 121 Å². The van der Waals surface area contributed by atoms with Crippen molar-refractivity contribution in [1.29, 1.82) is 0 Å². The second-order valence-corrected chi connectivity index (χ2v) is 4.76. The zero-order chi connectivity index (χ0) is 15.9. The molecule has 0 atom stereocenters. The summed E-state index contributed by atoms with van der Waals surface area (Å²) in [6, 6.07) is 4.62. The number of benzene rings is 1. The molecule has 0 N–H and O–H groups in total. The number of rotatable bonds is 2. The number of hydrogen-bond acceptors (Lipinski definition) is 4. The van der Waals surface area contributed by atoms with E-state index in [0.717, 1.165) is 12.1 Å².